The van der Waals surface area contributed by atoms with Gasteiger partial charge in [0.25, 0.3) is 0 Å². The summed E-state index contributed by atoms with van der Waals surface area (Å²) < 4.78 is 5.66. The molecule has 0 aromatic carbocycles. The molecule has 0 aliphatic heterocycles. The van der Waals surface area contributed by atoms with Crippen molar-refractivity contribution in [2.24, 2.45) is 0 Å². The maximum Gasteiger partial charge on any atom is 0.173 e. The predicted molar refractivity (Wildman–Crippen MR) is 71.0 cm³/mol. The fraction of sp³-hybridized carbons (Fsp3) is 0.667. The van der Waals surface area contributed by atoms with Crippen molar-refractivity contribution in [3.8, 4) is 0 Å². The summed E-state index contributed by atoms with van der Waals surface area (Å²) in [6, 6.07) is 0. The number of ether oxygens (including phenoxy) is 1. The predicted octanol–water partition coefficient (Wildman–Crippen LogP) is 3.82. The highest BCUT2D eigenvalue weighted by Crippen LogP contribution is 2.38. The third-order valence-corrected chi connectivity index (χ3v) is 3.89. The van der Waals surface area contributed by atoms with E-state index in [0.29, 0.717) is 6.42 Å². The largest absolute Gasteiger partial charge is 0.362 e. The van der Waals surface area contributed by atoms with E-state index in [-0.39, 0.29) is 5.78 Å². The van der Waals surface area contributed by atoms with Gasteiger partial charge in [0.05, 0.1) is 0 Å². The number of Topliss-reactive ketones (excluding diaryl/α,β-unsaturated/α-hetero) is 1. The Morgan fingerprint density at radius 2 is 2.06 bits per heavy atom. The van der Waals surface area contributed by atoms with Crippen molar-refractivity contribution in [2.75, 3.05) is 7.11 Å². The summed E-state index contributed by atoms with van der Waals surface area (Å²) in [4.78, 5) is 12.5. The van der Waals surface area contributed by atoms with E-state index in [2.05, 4.69) is 19.9 Å². The molecular formula is C15H24O2. The van der Waals surface area contributed by atoms with Crippen molar-refractivity contribution >= 4 is 5.78 Å². The number of allylic oxidation sites excluding steroid dienone is 2. The first kappa shape index (κ1) is 14.2. The molecule has 96 valence electrons. The first-order valence-corrected chi connectivity index (χ1v) is 6.43. The number of hydrogen-bond donors (Lipinski definition) is 0. The quantitative estimate of drug-likeness (QED) is 0.678. The lowest BCUT2D eigenvalue weighted by atomic mass is 9.75. The Hall–Kier alpha value is -0.890. The second-order valence-electron chi connectivity index (χ2n) is 4.91. The molecule has 1 atom stereocenters. The molecule has 0 aromatic heterocycles. The molecule has 0 bridgehead atoms. The van der Waals surface area contributed by atoms with E-state index in [1.54, 1.807) is 7.11 Å². The summed E-state index contributed by atoms with van der Waals surface area (Å²) >= 11 is 0. The summed E-state index contributed by atoms with van der Waals surface area (Å²) in [7, 11) is 1.64. The van der Waals surface area contributed by atoms with E-state index in [1.807, 2.05) is 13.8 Å². The van der Waals surface area contributed by atoms with Gasteiger partial charge in [-0.15, -0.1) is 0 Å². The molecule has 0 amide bonds. The molecule has 0 N–H and O–H groups in total. The summed E-state index contributed by atoms with van der Waals surface area (Å²) in [6.45, 7) is 8.21. The molecule has 1 aliphatic carbocycles. The van der Waals surface area contributed by atoms with E-state index in [0.717, 1.165) is 30.4 Å². The second kappa shape index (κ2) is 5.63. The van der Waals surface area contributed by atoms with Crippen LogP contribution < -0.4 is 0 Å². The monoisotopic (exact) mass is 236 g/mol. The average Bonchev–Trinajstić information content (AvgIpc) is 2.33. The Bertz CT molecular complexity index is 363. The lowest BCUT2D eigenvalue weighted by Gasteiger charge is -2.37. The van der Waals surface area contributed by atoms with E-state index in [4.69, 9.17) is 4.74 Å². The Kier molecular flexibility index (Phi) is 4.70. The first-order chi connectivity index (χ1) is 8.00. The maximum atomic E-state index is 12.5. The highest BCUT2D eigenvalue weighted by atomic mass is 16.5. The molecule has 0 radical (unpaired) electrons. The molecule has 0 saturated heterocycles. The minimum atomic E-state index is -0.780. The van der Waals surface area contributed by atoms with E-state index >= 15 is 0 Å². The standard InChI is InChI=1S/C15H24O2/c1-6-7-8-14(16)15(17-5)12(3)10-9-11(2)13(15)4/h10H,6-9H2,1-5H3. The molecule has 0 spiro atoms. The molecule has 0 fully saturated rings. The van der Waals surface area contributed by atoms with Crippen LogP contribution in [0.4, 0.5) is 0 Å². The van der Waals surface area contributed by atoms with Crippen molar-refractivity contribution < 1.29 is 9.53 Å². The zero-order valence-corrected chi connectivity index (χ0v) is 11.7. The zero-order valence-electron chi connectivity index (χ0n) is 11.7. The summed E-state index contributed by atoms with van der Waals surface area (Å²) in [5, 5.41) is 0. The third kappa shape index (κ3) is 2.37. The third-order valence-electron chi connectivity index (χ3n) is 3.89. The van der Waals surface area contributed by atoms with Gasteiger partial charge in [-0.05, 0) is 44.8 Å². The van der Waals surface area contributed by atoms with Gasteiger partial charge in [0.15, 0.2) is 11.4 Å². The van der Waals surface area contributed by atoms with E-state index < -0.39 is 5.60 Å². The lowest BCUT2D eigenvalue weighted by molar-refractivity contribution is -0.133. The van der Waals surface area contributed by atoms with E-state index in [1.165, 1.54) is 5.57 Å². The van der Waals surface area contributed by atoms with Crippen molar-refractivity contribution in [2.45, 2.75) is 59.0 Å². The fourth-order valence-corrected chi connectivity index (χ4v) is 2.57. The molecule has 1 rings (SSSR count). The van der Waals surface area contributed by atoms with Crippen molar-refractivity contribution in [1.82, 2.24) is 0 Å². The topological polar surface area (TPSA) is 26.3 Å². The van der Waals surface area contributed by atoms with Crippen LogP contribution in [0, 0.1) is 0 Å². The highest BCUT2D eigenvalue weighted by Gasteiger charge is 2.43. The van der Waals surface area contributed by atoms with Crippen LogP contribution in [0.15, 0.2) is 22.8 Å². The number of ketones is 1. The minimum Gasteiger partial charge on any atom is -0.362 e. The van der Waals surface area contributed by atoms with E-state index in [9.17, 15) is 4.79 Å². The van der Waals surface area contributed by atoms with Gasteiger partial charge in [0.1, 0.15) is 0 Å². The summed E-state index contributed by atoms with van der Waals surface area (Å²) in [5.41, 5.74) is 2.60. The fourth-order valence-electron chi connectivity index (χ4n) is 2.57. The molecule has 0 saturated carbocycles. The van der Waals surface area contributed by atoms with Gasteiger partial charge < -0.3 is 4.74 Å². The van der Waals surface area contributed by atoms with Gasteiger partial charge in [-0.1, -0.05) is 25.0 Å². The Morgan fingerprint density at radius 1 is 1.41 bits per heavy atom. The SMILES string of the molecule is CCCCC(=O)C1(OC)C(C)=CCC(C)=C1C. The molecule has 0 heterocycles. The van der Waals surface area contributed by atoms with Gasteiger partial charge in [-0.3, -0.25) is 4.79 Å². The van der Waals surface area contributed by atoms with Crippen molar-refractivity contribution in [1.29, 1.82) is 0 Å². The molecular weight excluding hydrogens is 212 g/mol. The number of rotatable bonds is 5. The normalized spacial score (nSPS) is 24.9. The average molecular weight is 236 g/mol. The van der Waals surface area contributed by atoms with Crippen LogP contribution in [-0.2, 0) is 9.53 Å². The van der Waals surface area contributed by atoms with Crippen LogP contribution in [-0.4, -0.2) is 18.5 Å². The van der Waals surface area contributed by atoms with Gasteiger partial charge in [0, 0.05) is 13.5 Å². The van der Waals surface area contributed by atoms with Crippen LogP contribution in [0.3, 0.4) is 0 Å². The van der Waals surface area contributed by atoms with Crippen LogP contribution in [0.25, 0.3) is 0 Å². The van der Waals surface area contributed by atoms with Gasteiger partial charge in [0.2, 0.25) is 0 Å². The smallest absolute Gasteiger partial charge is 0.173 e. The molecule has 1 aliphatic rings. The molecule has 0 aromatic rings. The number of hydrogen-bond acceptors (Lipinski definition) is 2. The summed E-state index contributed by atoms with van der Waals surface area (Å²) in [6.07, 6.45) is 5.62. The number of carbonyl (C=O) groups is 1. The van der Waals surface area contributed by atoms with Gasteiger partial charge in [-0.2, -0.15) is 0 Å². The van der Waals surface area contributed by atoms with Crippen molar-refractivity contribution in [3.05, 3.63) is 22.8 Å². The van der Waals surface area contributed by atoms with Gasteiger partial charge >= 0.3 is 0 Å². The minimum absolute atomic E-state index is 0.201. The maximum absolute atomic E-state index is 12.5. The Labute approximate surface area is 105 Å². The van der Waals surface area contributed by atoms with Crippen LogP contribution >= 0.6 is 0 Å². The molecule has 1 unspecified atom stereocenters. The van der Waals surface area contributed by atoms with Crippen LogP contribution in [0.5, 0.6) is 0 Å². The second-order valence-corrected chi connectivity index (χ2v) is 4.91. The Balaban J connectivity index is 3.11. The first-order valence-electron chi connectivity index (χ1n) is 6.43. The lowest BCUT2D eigenvalue weighted by Crippen LogP contribution is -2.45. The molecule has 17 heavy (non-hydrogen) atoms. The molecule has 2 nitrogen and oxygen atoms in total. The number of carbonyl (C=O) groups excluding carboxylic acids is 1. The Morgan fingerprint density at radius 3 is 2.59 bits per heavy atom. The van der Waals surface area contributed by atoms with Crippen LogP contribution in [0.2, 0.25) is 0 Å². The summed E-state index contributed by atoms with van der Waals surface area (Å²) in [5.74, 6) is 0.201. The number of unbranched alkanes of at least 4 members (excludes halogenated alkanes) is 1. The van der Waals surface area contributed by atoms with Gasteiger partial charge in [-0.25, -0.2) is 0 Å². The van der Waals surface area contributed by atoms with Crippen molar-refractivity contribution in [3.63, 3.8) is 0 Å². The zero-order chi connectivity index (χ0) is 13.1. The molecule has 2 heteroatoms. The highest BCUT2D eigenvalue weighted by molar-refractivity contribution is 5.94. The van der Waals surface area contributed by atoms with Crippen LogP contribution in [0.1, 0.15) is 53.4 Å². The number of methoxy groups -OCH3 is 1.